The molecule has 2 amide bonds. The lowest BCUT2D eigenvalue weighted by atomic mass is 10.0. The van der Waals surface area contributed by atoms with Crippen molar-refractivity contribution in [3.8, 4) is 17.2 Å². The van der Waals surface area contributed by atoms with Crippen molar-refractivity contribution in [2.45, 2.75) is 31.2 Å². The van der Waals surface area contributed by atoms with Gasteiger partial charge in [0.1, 0.15) is 11.9 Å². The molecule has 174 valence electrons. The Balaban J connectivity index is 1.29. The lowest BCUT2D eigenvalue weighted by Crippen LogP contribution is -2.49. The van der Waals surface area contributed by atoms with Crippen molar-refractivity contribution in [3.05, 3.63) is 65.7 Å². The monoisotopic (exact) mass is 454 g/mol. The van der Waals surface area contributed by atoms with E-state index < -0.39 is 18.2 Å². The maximum atomic E-state index is 12.6. The van der Waals surface area contributed by atoms with Crippen LogP contribution < -0.4 is 24.8 Å². The van der Waals surface area contributed by atoms with Gasteiger partial charge in [-0.1, -0.05) is 24.3 Å². The molecule has 2 aliphatic heterocycles. The summed E-state index contributed by atoms with van der Waals surface area (Å²) in [4.78, 5) is 25.0. The van der Waals surface area contributed by atoms with Gasteiger partial charge in [0, 0.05) is 12.1 Å². The molecule has 2 aliphatic rings. The minimum atomic E-state index is -0.674. The van der Waals surface area contributed by atoms with Crippen molar-refractivity contribution < 1.29 is 33.6 Å². The SMILES string of the molecule is COc1ccc(CNC(=O)C[C@H]2C=C[C@H](NC(=O)c3ccc4c(c3)OCO4)[C@H](CO)O2)cc1. The van der Waals surface area contributed by atoms with Crippen LogP contribution in [0.2, 0.25) is 0 Å². The van der Waals surface area contributed by atoms with Gasteiger partial charge in [-0.3, -0.25) is 9.59 Å². The van der Waals surface area contributed by atoms with Gasteiger partial charge in [0.15, 0.2) is 11.5 Å². The summed E-state index contributed by atoms with van der Waals surface area (Å²) in [5.74, 6) is 1.34. The summed E-state index contributed by atoms with van der Waals surface area (Å²) in [6, 6.07) is 11.8. The zero-order valence-electron chi connectivity index (χ0n) is 18.2. The number of fused-ring (bicyclic) bond motifs is 1. The molecule has 0 aliphatic carbocycles. The van der Waals surface area contributed by atoms with E-state index in [-0.39, 0.29) is 31.6 Å². The largest absolute Gasteiger partial charge is 0.497 e. The average molecular weight is 454 g/mol. The van der Waals surface area contributed by atoms with Gasteiger partial charge in [-0.25, -0.2) is 0 Å². The van der Waals surface area contributed by atoms with Gasteiger partial charge in [-0.2, -0.15) is 0 Å². The highest BCUT2D eigenvalue weighted by atomic mass is 16.7. The van der Waals surface area contributed by atoms with Gasteiger partial charge in [-0.05, 0) is 35.9 Å². The molecule has 0 fully saturated rings. The zero-order valence-corrected chi connectivity index (χ0v) is 18.2. The summed E-state index contributed by atoms with van der Waals surface area (Å²) < 4.78 is 21.5. The minimum absolute atomic E-state index is 0.103. The van der Waals surface area contributed by atoms with Crippen LogP contribution in [-0.2, 0) is 16.1 Å². The summed E-state index contributed by atoms with van der Waals surface area (Å²) >= 11 is 0. The maximum Gasteiger partial charge on any atom is 0.251 e. The van der Waals surface area contributed by atoms with E-state index in [4.69, 9.17) is 18.9 Å². The number of methoxy groups -OCH3 is 1. The van der Waals surface area contributed by atoms with Crippen LogP contribution in [-0.4, -0.2) is 55.7 Å². The molecular formula is C24H26N2O7. The van der Waals surface area contributed by atoms with Crippen molar-refractivity contribution in [1.82, 2.24) is 10.6 Å². The molecule has 3 atom stereocenters. The molecule has 0 radical (unpaired) electrons. The molecule has 2 aromatic carbocycles. The van der Waals surface area contributed by atoms with E-state index in [2.05, 4.69) is 10.6 Å². The molecule has 2 heterocycles. The molecule has 4 rings (SSSR count). The van der Waals surface area contributed by atoms with Crippen LogP contribution in [0, 0.1) is 0 Å². The Hall–Kier alpha value is -3.56. The van der Waals surface area contributed by atoms with Crippen molar-refractivity contribution in [2.24, 2.45) is 0 Å². The molecule has 3 N–H and O–H groups in total. The highest BCUT2D eigenvalue weighted by molar-refractivity contribution is 5.95. The number of rotatable bonds is 8. The molecule has 2 aromatic rings. The third-order valence-electron chi connectivity index (χ3n) is 5.43. The first-order chi connectivity index (χ1) is 16.1. The molecule has 0 bridgehead atoms. The van der Waals surface area contributed by atoms with Crippen molar-refractivity contribution in [3.63, 3.8) is 0 Å². The third kappa shape index (κ3) is 5.63. The number of benzene rings is 2. The summed E-state index contributed by atoms with van der Waals surface area (Å²) in [7, 11) is 1.60. The van der Waals surface area contributed by atoms with Crippen LogP contribution in [0.4, 0.5) is 0 Å². The number of carbonyl (C=O) groups is 2. The van der Waals surface area contributed by atoms with Crippen molar-refractivity contribution in [1.29, 1.82) is 0 Å². The van der Waals surface area contributed by atoms with Gasteiger partial charge >= 0.3 is 0 Å². The number of nitrogens with one attached hydrogen (secondary N) is 2. The van der Waals surface area contributed by atoms with Crippen LogP contribution in [0.5, 0.6) is 17.2 Å². The number of carbonyl (C=O) groups excluding carboxylic acids is 2. The van der Waals surface area contributed by atoms with E-state index >= 15 is 0 Å². The summed E-state index contributed by atoms with van der Waals surface area (Å²) in [6.07, 6.45) is 2.40. The first-order valence-corrected chi connectivity index (χ1v) is 10.6. The second-order valence-electron chi connectivity index (χ2n) is 7.68. The standard InChI is InChI=1S/C24H26N2O7/c1-30-17-5-2-15(3-6-17)12-25-23(28)11-18-7-8-19(22(13-27)33-18)26-24(29)16-4-9-20-21(10-16)32-14-31-20/h2-10,18-19,22,27H,11-14H2,1H3,(H,25,28)(H,26,29)/t18-,19+,22+/m1/s1. The Morgan fingerprint density at radius 3 is 2.64 bits per heavy atom. The minimum Gasteiger partial charge on any atom is -0.497 e. The average Bonchev–Trinajstić information content (AvgIpc) is 3.32. The van der Waals surface area contributed by atoms with E-state index in [1.165, 1.54) is 0 Å². The second-order valence-corrected chi connectivity index (χ2v) is 7.68. The van der Waals surface area contributed by atoms with Gasteiger partial charge in [0.25, 0.3) is 5.91 Å². The first-order valence-electron chi connectivity index (χ1n) is 10.6. The van der Waals surface area contributed by atoms with Crippen LogP contribution >= 0.6 is 0 Å². The Labute approximate surface area is 191 Å². The smallest absolute Gasteiger partial charge is 0.251 e. The summed E-state index contributed by atoms with van der Waals surface area (Å²) in [5, 5.41) is 15.5. The van der Waals surface area contributed by atoms with Gasteiger partial charge in [-0.15, -0.1) is 0 Å². The van der Waals surface area contributed by atoms with Crippen molar-refractivity contribution >= 4 is 11.8 Å². The fourth-order valence-electron chi connectivity index (χ4n) is 3.61. The van der Waals surface area contributed by atoms with Crippen LogP contribution in [0.25, 0.3) is 0 Å². The lowest BCUT2D eigenvalue weighted by molar-refractivity contribution is -0.125. The number of ether oxygens (including phenoxy) is 4. The molecule has 0 unspecified atom stereocenters. The predicted molar refractivity (Wildman–Crippen MR) is 118 cm³/mol. The number of aliphatic hydroxyl groups is 1. The highest BCUT2D eigenvalue weighted by Gasteiger charge is 2.29. The van der Waals surface area contributed by atoms with Crippen LogP contribution in [0.15, 0.2) is 54.6 Å². The third-order valence-corrected chi connectivity index (χ3v) is 5.43. The molecule has 0 spiro atoms. The van der Waals surface area contributed by atoms with Gasteiger partial charge in [0.05, 0.1) is 32.3 Å². The predicted octanol–water partition coefficient (Wildman–Crippen LogP) is 1.54. The Morgan fingerprint density at radius 2 is 1.88 bits per heavy atom. The van der Waals surface area contributed by atoms with E-state index in [0.717, 1.165) is 11.3 Å². The van der Waals surface area contributed by atoms with E-state index in [1.54, 1.807) is 37.5 Å². The normalized spacial score (nSPS) is 20.8. The van der Waals surface area contributed by atoms with E-state index in [1.807, 2.05) is 24.3 Å². The molecule has 0 aromatic heterocycles. The highest BCUT2D eigenvalue weighted by Crippen LogP contribution is 2.32. The molecule has 0 saturated carbocycles. The lowest BCUT2D eigenvalue weighted by Gasteiger charge is -2.31. The molecular weight excluding hydrogens is 428 g/mol. The number of hydrogen-bond acceptors (Lipinski definition) is 7. The van der Waals surface area contributed by atoms with Gasteiger partial charge < -0.3 is 34.7 Å². The van der Waals surface area contributed by atoms with Crippen LogP contribution in [0.1, 0.15) is 22.3 Å². The van der Waals surface area contributed by atoms with Gasteiger partial charge in [0.2, 0.25) is 12.7 Å². The Bertz CT molecular complexity index is 1020. The summed E-state index contributed by atoms with van der Waals surface area (Å²) in [6.45, 7) is 0.207. The second kappa shape index (κ2) is 10.4. The van der Waals surface area contributed by atoms with E-state index in [9.17, 15) is 14.7 Å². The zero-order chi connectivity index (χ0) is 23.2. The fraction of sp³-hybridized carbons (Fsp3) is 0.333. The quantitative estimate of drug-likeness (QED) is 0.519. The van der Waals surface area contributed by atoms with E-state index in [0.29, 0.717) is 23.6 Å². The molecule has 9 heteroatoms. The topological polar surface area (TPSA) is 115 Å². The fourth-order valence-corrected chi connectivity index (χ4v) is 3.61. The van der Waals surface area contributed by atoms with Crippen LogP contribution in [0.3, 0.4) is 0 Å². The number of hydrogen-bond donors (Lipinski definition) is 3. The first kappa shape index (κ1) is 22.6. The number of amides is 2. The Kier molecular flexibility index (Phi) is 7.11. The summed E-state index contributed by atoms with van der Waals surface area (Å²) in [5.41, 5.74) is 1.35. The van der Waals surface area contributed by atoms with Crippen molar-refractivity contribution in [2.75, 3.05) is 20.5 Å². The number of aliphatic hydroxyl groups excluding tert-OH is 1. The molecule has 9 nitrogen and oxygen atoms in total. The maximum absolute atomic E-state index is 12.6. The molecule has 0 saturated heterocycles. The molecule has 33 heavy (non-hydrogen) atoms. The Morgan fingerprint density at radius 1 is 1.09 bits per heavy atom.